The average Bonchev–Trinajstić information content (AvgIpc) is 2.74. The van der Waals surface area contributed by atoms with Gasteiger partial charge < -0.3 is 5.32 Å². The third-order valence-corrected chi connectivity index (χ3v) is 4.66. The van der Waals surface area contributed by atoms with Gasteiger partial charge >= 0.3 is 0 Å². The molecule has 0 aliphatic rings. The van der Waals surface area contributed by atoms with Crippen molar-refractivity contribution in [3.8, 4) is 0 Å². The summed E-state index contributed by atoms with van der Waals surface area (Å²) in [7, 11) is 0. The van der Waals surface area contributed by atoms with E-state index in [9.17, 15) is 0 Å². The van der Waals surface area contributed by atoms with Crippen molar-refractivity contribution in [1.29, 1.82) is 0 Å². The van der Waals surface area contributed by atoms with Crippen LogP contribution >= 0.6 is 15.9 Å². The zero-order valence-corrected chi connectivity index (χ0v) is 14.7. The second-order valence-electron chi connectivity index (χ2n) is 5.21. The first-order chi connectivity index (χ1) is 10.1. The first kappa shape index (κ1) is 16.2. The third-order valence-electron chi connectivity index (χ3n) is 3.62. The summed E-state index contributed by atoms with van der Waals surface area (Å²) in [6.45, 7) is 10.2. The average molecular weight is 351 g/mol. The molecule has 0 spiro atoms. The normalized spacial score (nSPS) is 12.6. The minimum Gasteiger partial charge on any atom is -0.310 e. The summed E-state index contributed by atoms with van der Waals surface area (Å²) >= 11 is 3.69. The van der Waals surface area contributed by atoms with Crippen LogP contribution in [0, 0.1) is 13.8 Å². The number of likely N-dealkylation sites (N-methyl/N-ethyl adjacent to an activating group) is 1. The van der Waals surface area contributed by atoms with Crippen molar-refractivity contribution in [2.75, 3.05) is 6.54 Å². The summed E-state index contributed by atoms with van der Waals surface area (Å²) in [5.41, 5.74) is 4.62. The van der Waals surface area contributed by atoms with Crippen LogP contribution < -0.4 is 5.32 Å². The molecule has 2 rings (SSSR count). The van der Waals surface area contributed by atoms with Crippen LogP contribution in [0.3, 0.4) is 0 Å². The van der Waals surface area contributed by atoms with Gasteiger partial charge in [-0.3, -0.25) is 9.67 Å². The molecule has 0 saturated heterocycles. The zero-order valence-electron chi connectivity index (χ0n) is 13.2. The summed E-state index contributed by atoms with van der Waals surface area (Å²) in [5.74, 6) is 0. The number of nitrogens with one attached hydrogen (secondary N) is 1. The largest absolute Gasteiger partial charge is 0.310 e. The summed E-state index contributed by atoms with van der Waals surface area (Å²) in [6.07, 6.45) is 2.79. The molecule has 0 fully saturated rings. The SMILES string of the molecule is CCNC(Cc1c(Br)c(C)nn1CC)c1ccnc(C)c1. The van der Waals surface area contributed by atoms with E-state index in [0.717, 1.165) is 35.4 Å². The Kier molecular flexibility index (Phi) is 5.53. The van der Waals surface area contributed by atoms with Gasteiger partial charge in [-0.15, -0.1) is 0 Å². The Bertz CT molecular complexity index is 606. The van der Waals surface area contributed by atoms with Crippen LogP contribution in [-0.4, -0.2) is 21.3 Å². The molecule has 2 heterocycles. The predicted molar refractivity (Wildman–Crippen MR) is 89.4 cm³/mol. The topological polar surface area (TPSA) is 42.7 Å². The summed E-state index contributed by atoms with van der Waals surface area (Å²) in [5, 5.41) is 8.16. The van der Waals surface area contributed by atoms with Crippen LogP contribution in [0.5, 0.6) is 0 Å². The van der Waals surface area contributed by atoms with E-state index in [2.05, 4.69) is 62.0 Å². The molecule has 4 nitrogen and oxygen atoms in total. The van der Waals surface area contributed by atoms with E-state index in [1.54, 1.807) is 0 Å². The molecule has 1 N–H and O–H groups in total. The second-order valence-corrected chi connectivity index (χ2v) is 6.00. The Morgan fingerprint density at radius 2 is 2.10 bits per heavy atom. The van der Waals surface area contributed by atoms with Gasteiger partial charge in [0.05, 0.1) is 15.9 Å². The van der Waals surface area contributed by atoms with Crippen LogP contribution in [0.4, 0.5) is 0 Å². The molecule has 0 aromatic carbocycles. The molecule has 0 bridgehead atoms. The van der Waals surface area contributed by atoms with Gasteiger partial charge in [-0.25, -0.2) is 0 Å². The Hall–Kier alpha value is -1.20. The number of nitrogens with zero attached hydrogens (tertiary/aromatic N) is 3. The van der Waals surface area contributed by atoms with E-state index in [1.165, 1.54) is 11.3 Å². The molecule has 21 heavy (non-hydrogen) atoms. The van der Waals surface area contributed by atoms with Crippen molar-refractivity contribution >= 4 is 15.9 Å². The van der Waals surface area contributed by atoms with E-state index < -0.39 is 0 Å². The molecular formula is C16H23BrN4. The second kappa shape index (κ2) is 7.18. The molecule has 0 aliphatic heterocycles. The van der Waals surface area contributed by atoms with Crippen molar-refractivity contribution in [2.24, 2.45) is 0 Å². The lowest BCUT2D eigenvalue weighted by molar-refractivity contribution is 0.514. The highest BCUT2D eigenvalue weighted by Gasteiger charge is 2.18. The fourth-order valence-corrected chi connectivity index (χ4v) is 3.04. The maximum absolute atomic E-state index is 4.58. The Morgan fingerprint density at radius 1 is 1.33 bits per heavy atom. The molecule has 0 amide bonds. The Morgan fingerprint density at radius 3 is 2.71 bits per heavy atom. The van der Waals surface area contributed by atoms with Crippen molar-refractivity contribution in [2.45, 2.75) is 46.7 Å². The zero-order chi connectivity index (χ0) is 15.4. The van der Waals surface area contributed by atoms with Gasteiger partial charge in [0.2, 0.25) is 0 Å². The van der Waals surface area contributed by atoms with Gasteiger partial charge in [0.1, 0.15) is 0 Å². The van der Waals surface area contributed by atoms with Crippen molar-refractivity contribution < 1.29 is 0 Å². The lowest BCUT2D eigenvalue weighted by Crippen LogP contribution is -2.24. The third kappa shape index (κ3) is 3.71. The molecule has 114 valence electrons. The molecule has 5 heteroatoms. The fourth-order valence-electron chi connectivity index (χ4n) is 2.60. The van der Waals surface area contributed by atoms with Gasteiger partial charge in [-0.2, -0.15) is 5.10 Å². The first-order valence-corrected chi connectivity index (χ1v) is 8.23. The number of pyridine rings is 1. The van der Waals surface area contributed by atoms with Crippen molar-refractivity contribution in [3.05, 3.63) is 45.4 Å². The number of hydrogen-bond donors (Lipinski definition) is 1. The van der Waals surface area contributed by atoms with E-state index in [1.807, 2.05) is 20.0 Å². The highest BCUT2D eigenvalue weighted by Crippen LogP contribution is 2.26. The smallest absolute Gasteiger partial charge is 0.0738 e. The molecule has 2 aromatic heterocycles. The van der Waals surface area contributed by atoms with E-state index >= 15 is 0 Å². The predicted octanol–water partition coefficient (Wildman–Crippen LogP) is 3.57. The summed E-state index contributed by atoms with van der Waals surface area (Å²) in [4.78, 5) is 4.29. The van der Waals surface area contributed by atoms with E-state index in [-0.39, 0.29) is 6.04 Å². The lowest BCUT2D eigenvalue weighted by Gasteiger charge is -2.19. The summed E-state index contributed by atoms with van der Waals surface area (Å²) < 4.78 is 3.20. The van der Waals surface area contributed by atoms with Crippen LogP contribution in [0.25, 0.3) is 0 Å². The minimum atomic E-state index is 0.273. The van der Waals surface area contributed by atoms with Crippen LogP contribution in [-0.2, 0) is 13.0 Å². The highest BCUT2D eigenvalue weighted by atomic mass is 79.9. The molecule has 0 aliphatic carbocycles. The molecular weight excluding hydrogens is 328 g/mol. The summed E-state index contributed by atoms with van der Waals surface area (Å²) in [6, 6.07) is 4.52. The monoisotopic (exact) mass is 350 g/mol. The molecule has 1 unspecified atom stereocenters. The number of hydrogen-bond acceptors (Lipinski definition) is 3. The molecule has 1 atom stereocenters. The fraction of sp³-hybridized carbons (Fsp3) is 0.500. The van der Waals surface area contributed by atoms with Crippen LogP contribution in [0.15, 0.2) is 22.8 Å². The van der Waals surface area contributed by atoms with Gasteiger partial charge in [0.25, 0.3) is 0 Å². The molecule has 2 aromatic rings. The van der Waals surface area contributed by atoms with Crippen LogP contribution in [0.2, 0.25) is 0 Å². The van der Waals surface area contributed by atoms with Crippen molar-refractivity contribution in [3.63, 3.8) is 0 Å². The van der Waals surface area contributed by atoms with Gasteiger partial charge in [0, 0.05) is 30.9 Å². The molecule has 0 saturated carbocycles. The maximum atomic E-state index is 4.58. The van der Waals surface area contributed by atoms with E-state index in [4.69, 9.17) is 0 Å². The Labute approximate surface area is 135 Å². The maximum Gasteiger partial charge on any atom is 0.0738 e. The quantitative estimate of drug-likeness (QED) is 0.865. The van der Waals surface area contributed by atoms with Crippen LogP contribution in [0.1, 0.15) is 42.5 Å². The minimum absolute atomic E-state index is 0.273. The number of aromatic nitrogens is 3. The number of aryl methyl sites for hydroxylation is 3. The van der Waals surface area contributed by atoms with Gasteiger partial charge in [-0.1, -0.05) is 6.92 Å². The van der Waals surface area contributed by atoms with Crippen molar-refractivity contribution in [1.82, 2.24) is 20.1 Å². The first-order valence-electron chi connectivity index (χ1n) is 7.44. The lowest BCUT2D eigenvalue weighted by atomic mass is 10.0. The van der Waals surface area contributed by atoms with E-state index in [0.29, 0.717) is 0 Å². The standard InChI is InChI=1S/C16H23BrN4/c1-5-18-14(13-7-8-19-11(3)9-13)10-15-16(17)12(4)20-21(15)6-2/h7-9,14,18H,5-6,10H2,1-4H3. The number of rotatable bonds is 6. The number of halogens is 1. The van der Waals surface area contributed by atoms with Gasteiger partial charge in [-0.05, 0) is 60.9 Å². The van der Waals surface area contributed by atoms with Gasteiger partial charge in [0.15, 0.2) is 0 Å². The Balaban J connectivity index is 2.32. The molecule has 0 radical (unpaired) electrons. The highest BCUT2D eigenvalue weighted by molar-refractivity contribution is 9.10.